The van der Waals surface area contributed by atoms with Crippen LogP contribution in [0.15, 0.2) is 23.8 Å². The molecule has 1 saturated heterocycles. The van der Waals surface area contributed by atoms with E-state index in [2.05, 4.69) is 34.9 Å². The fourth-order valence-corrected chi connectivity index (χ4v) is 2.37. The molecule has 0 spiro atoms. The number of hydrogen-bond acceptors (Lipinski definition) is 3. The number of rotatable bonds is 2. The molecule has 2 rings (SSSR count). The van der Waals surface area contributed by atoms with Crippen LogP contribution in [-0.4, -0.2) is 48.6 Å². The van der Waals surface area contributed by atoms with Gasteiger partial charge < -0.3 is 4.90 Å². The second-order valence-electron chi connectivity index (χ2n) is 4.40. The molecule has 16 heavy (non-hydrogen) atoms. The molecule has 0 amide bonds. The van der Waals surface area contributed by atoms with Crippen LogP contribution in [0.1, 0.15) is 13.3 Å². The largest absolute Gasteiger partial charge is 0.301 e. The predicted octanol–water partition coefficient (Wildman–Crippen LogP) is 1.40. The van der Waals surface area contributed by atoms with Crippen LogP contribution in [0.5, 0.6) is 0 Å². The van der Waals surface area contributed by atoms with Crippen molar-refractivity contribution in [3.63, 3.8) is 0 Å². The average molecular weight is 217 g/mol. The zero-order valence-corrected chi connectivity index (χ0v) is 9.89. The highest BCUT2D eigenvalue weighted by molar-refractivity contribution is 5.36. The topological polar surface area (TPSA) is 30.3 Å². The second kappa shape index (κ2) is 5.29. The van der Waals surface area contributed by atoms with Gasteiger partial charge in [0.2, 0.25) is 0 Å². The van der Waals surface area contributed by atoms with E-state index in [-0.39, 0.29) is 0 Å². The van der Waals surface area contributed by atoms with Crippen molar-refractivity contribution in [1.82, 2.24) is 9.80 Å². The molecule has 1 unspecified atom stereocenters. The van der Waals surface area contributed by atoms with Gasteiger partial charge in [-0.05, 0) is 19.0 Å². The Bertz CT molecular complexity index is 330. The van der Waals surface area contributed by atoms with E-state index >= 15 is 0 Å². The molecular weight excluding hydrogens is 198 g/mol. The maximum Gasteiger partial charge on any atom is 0.0988 e. The summed E-state index contributed by atoms with van der Waals surface area (Å²) in [5.74, 6) is 0. The first-order chi connectivity index (χ1) is 7.83. The van der Waals surface area contributed by atoms with Crippen molar-refractivity contribution >= 4 is 0 Å². The molecule has 0 aromatic carbocycles. The number of nitrogens with zero attached hydrogens (tertiary/aromatic N) is 3. The van der Waals surface area contributed by atoms with Gasteiger partial charge in [-0.25, -0.2) is 0 Å². The van der Waals surface area contributed by atoms with E-state index in [1.807, 2.05) is 6.08 Å². The number of piperazine rings is 1. The Labute approximate surface area is 97.6 Å². The van der Waals surface area contributed by atoms with E-state index in [0.717, 1.165) is 31.6 Å². The molecule has 3 heteroatoms. The summed E-state index contributed by atoms with van der Waals surface area (Å²) < 4.78 is 0. The summed E-state index contributed by atoms with van der Waals surface area (Å²) in [5, 5.41) is 8.76. The first-order valence-electron chi connectivity index (χ1n) is 6.08. The molecule has 0 aromatic heterocycles. The minimum atomic E-state index is 0.510. The van der Waals surface area contributed by atoms with Gasteiger partial charge in [0.25, 0.3) is 0 Å². The Morgan fingerprint density at radius 2 is 2.12 bits per heavy atom. The first-order valence-corrected chi connectivity index (χ1v) is 6.08. The molecule has 1 aliphatic carbocycles. The summed E-state index contributed by atoms with van der Waals surface area (Å²) in [6.07, 6.45) is 7.18. The maximum absolute atomic E-state index is 8.76. The van der Waals surface area contributed by atoms with Crippen LogP contribution in [0.2, 0.25) is 0 Å². The van der Waals surface area contributed by atoms with Gasteiger partial charge in [-0.2, -0.15) is 5.26 Å². The predicted molar refractivity (Wildman–Crippen MR) is 64.9 cm³/mol. The monoisotopic (exact) mass is 217 g/mol. The number of nitriles is 1. The van der Waals surface area contributed by atoms with Crippen molar-refractivity contribution in [3.8, 4) is 6.07 Å². The lowest BCUT2D eigenvalue weighted by atomic mass is 10.0. The minimum Gasteiger partial charge on any atom is -0.301 e. The van der Waals surface area contributed by atoms with Gasteiger partial charge in [-0.3, -0.25) is 4.90 Å². The van der Waals surface area contributed by atoms with E-state index in [4.69, 9.17) is 5.26 Å². The molecule has 0 aromatic rings. The third kappa shape index (κ3) is 2.52. The summed E-state index contributed by atoms with van der Waals surface area (Å²) in [7, 11) is 0. The number of hydrogen-bond donors (Lipinski definition) is 0. The van der Waals surface area contributed by atoms with Crippen LogP contribution in [0.25, 0.3) is 0 Å². The van der Waals surface area contributed by atoms with Gasteiger partial charge in [0.15, 0.2) is 0 Å². The van der Waals surface area contributed by atoms with Crippen molar-refractivity contribution in [2.75, 3.05) is 32.7 Å². The summed E-state index contributed by atoms with van der Waals surface area (Å²) in [6.45, 7) is 8.04. The molecule has 3 nitrogen and oxygen atoms in total. The Kier molecular flexibility index (Phi) is 3.76. The molecule has 1 aliphatic heterocycles. The normalized spacial score (nSPS) is 27.5. The molecule has 0 N–H and O–H groups in total. The third-order valence-electron chi connectivity index (χ3n) is 3.53. The van der Waals surface area contributed by atoms with E-state index in [9.17, 15) is 0 Å². The van der Waals surface area contributed by atoms with Gasteiger partial charge in [-0.15, -0.1) is 0 Å². The molecule has 1 atom stereocenters. The van der Waals surface area contributed by atoms with E-state index in [0.29, 0.717) is 6.04 Å². The van der Waals surface area contributed by atoms with E-state index < -0.39 is 0 Å². The fraction of sp³-hybridized carbons (Fsp3) is 0.615. The Balaban J connectivity index is 1.86. The summed E-state index contributed by atoms with van der Waals surface area (Å²) >= 11 is 0. The molecule has 0 saturated carbocycles. The highest BCUT2D eigenvalue weighted by Gasteiger charge is 2.21. The standard InChI is InChI=1S/C13H19N3/c1-2-15-7-9-16(10-8-15)13-5-3-12(11-14)4-6-13/h3-5,13H,2,6-10H2,1H3. The van der Waals surface area contributed by atoms with Gasteiger partial charge >= 0.3 is 0 Å². The molecule has 86 valence electrons. The van der Waals surface area contributed by atoms with Crippen LogP contribution < -0.4 is 0 Å². The maximum atomic E-state index is 8.76. The highest BCUT2D eigenvalue weighted by atomic mass is 15.3. The minimum absolute atomic E-state index is 0.510. The lowest BCUT2D eigenvalue weighted by Gasteiger charge is -2.38. The van der Waals surface area contributed by atoms with Crippen molar-refractivity contribution in [2.24, 2.45) is 0 Å². The molecule has 1 heterocycles. The van der Waals surface area contributed by atoms with Crippen molar-refractivity contribution in [2.45, 2.75) is 19.4 Å². The van der Waals surface area contributed by atoms with Crippen LogP contribution in [0.3, 0.4) is 0 Å². The SMILES string of the molecule is CCN1CCN(C2C=CC(C#N)=CC2)CC1. The zero-order valence-electron chi connectivity index (χ0n) is 9.89. The molecule has 0 radical (unpaired) electrons. The lowest BCUT2D eigenvalue weighted by Crippen LogP contribution is -2.49. The summed E-state index contributed by atoms with van der Waals surface area (Å²) in [5.41, 5.74) is 0.809. The van der Waals surface area contributed by atoms with Gasteiger partial charge in [0, 0.05) is 37.8 Å². The Morgan fingerprint density at radius 3 is 2.62 bits per heavy atom. The van der Waals surface area contributed by atoms with Gasteiger partial charge in [0.05, 0.1) is 6.07 Å². The number of allylic oxidation sites excluding steroid dienone is 2. The molecular formula is C13H19N3. The quantitative estimate of drug-likeness (QED) is 0.700. The number of likely N-dealkylation sites (N-methyl/N-ethyl adjacent to an activating group) is 1. The summed E-state index contributed by atoms with van der Waals surface area (Å²) in [4.78, 5) is 5.01. The average Bonchev–Trinajstić information content (AvgIpc) is 2.39. The summed E-state index contributed by atoms with van der Waals surface area (Å²) in [6, 6.07) is 2.70. The van der Waals surface area contributed by atoms with E-state index in [1.54, 1.807) is 0 Å². The fourth-order valence-electron chi connectivity index (χ4n) is 2.37. The highest BCUT2D eigenvalue weighted by Crippen LogP contribution is 2.17. The second-order valence-corrected chi connectivity index (χ2v) is 4.40. The van der Waals surface area contributed by atoms with E-state index in [1.165, 1.54) is 13.1 Å². The smallest absolute Gasteiger partial charge is 0.0988 e. The van der Waals surface area contributed by atoms with Crippen molar-refractivity contribution in [3.05, 3.63) is 23.8 Å². The van der Waals surface area contributed by atoms with Crippen molar-refractivity contribution in [1.29, 1.82) is 5.26 Å². The Hall–Kier alpha value is -1.11. The third-order valence-corrected chi connectivity index (χ3v) is 3.53. The first kappa shape index (κ1) is 11.4. The van der Waals surface area contributed by atoms with Crippen LogP contribution in [0.4, 0.5) is 0 Å². The van der Waals surface area contributed by atoms with Gasteiger partial charge in [0.1, 0.15) is 0 Å². The molecule has 2 aliphatic rings. The van der Waals surface area contributed by atoms with Crippen LogP contribution in [0, 0.1) is 11.3 Å². The van der Waals surface area contributed by atoms with Crippen LogP contribution in [-0.2, 0) is 0 Å². The van der Waals surface area contributed by atoms with Crippen LogP contribution >= 0.6 is 0 Å². The lowest BCUT2D eigenvalue weighted by molar-refractivity contribution is 0.116. The molecule has 1 fully saturated rings. The zero-order chi connectivity index (χ0) is 11.4. The molecule has 0 bridgehead atoms. The van der Waals surface area contributed by atoms with Crippen molar-refractivity contribution < 1.29 is 0 Å². The Morgan fingerprint density at radius 1 is 1.38 bits per heavy atom. The van der Waals surface area contributed by atoms with Gasteiger partial charge in [-0.1, -0.05) is 19.1 Å².